The Morgan fingerprint density at radius 3 is 2.73 bits per heavy atom. The minimum Gasteiger partial charge on any atom is -0.496 e. The molecule has 1 amide bonds. The number of nitrogens with zero attached hydrogens (tertiary/aromatic N) is 1. The number of ether oxygens (including phenoxy) is 2. The number of methoxy groups -OCH3 is 1. The molecule has 2 aliphatic rings. The number of rotatable bonds is 7. The highest BCUT2D eigenvalue weighted by molar-refractivity contribution is 5.95. The molecule has 2 fully saturated rings. The molecule has 0 saturated heterocycles. The van der Waals surface area contributed by atoms with E-state index in [2.05, 4.69) is 5.32 Å². The van der Waals surface area contributed by atoms with Crippen LogP contribution < -0.4 is 10.1 Å². The second-order valence-electron chi connectivity index (χ2n) is 6.99. The van der Waals surface area contributed by atoms with Gasteiger partial charge in [-0.1, -0.05) is 6.42 Å². The molecule has 140 valence electrons. The number of amides is 1. The number of nitro benzene ring substituents is 1. The van der Waals surface area contributed by atoms with Gasteiger partial charge in [-0.05, 0) is 49.1 Å². The fourth-order valence-electron chi connectivity index (χ4n) is 4.13. The molecule has 3 atom stereocenters. The van der Waals surface area contributed by atoms with Crippen molar-refractivity contribution in [2.24, 2.45) is 17.8 Å². The Kier molecular flexibility index (Phi) is 5.39. The van der Waals surface area contributed by atoms with Crippen molar-refractivity contribution >= 4 is 23.3 Å². The summed E-state index contributed by atoms with van der Waals surface area (Å²) in [4.78, 5) is 34.4. The van der Waals surface area contributed by atoms with E-state index in [0.717, 1.165) is 12.3 Å². The normalized spacial score (nSPS) is 23.5. The van der Waals surface area contributed by atoms with Gasteiger partial charge in [0.2, 0.25) is 0 Å². The lowest BCUT2D eigenvalue weighted by Crippen LogP contribution is -2.23. The Hall–Kier alpha value is -2.64. The van der Waals surface area contributed by atoms with Crippen LogP contribution in [0.2, 0.25) is 0 Å². The number of carbonyl (C=O) groups is 2. The number of benzene rings is 1. The summed E-state index contributed by atoms with van der Waals surface area (Å²) in [6, 6.07) is 4.10. The van der Waals surface area contributed by atoms with Crippen LogP contribution in [0.4, 0.5) is 11.4 Å². The number of carbonyl (C=O) groups excluding carboxylic acids is 2. The van der Waals surface area contributed by atoms with Crippen LogP contribution in [0.25, 0.3) is 0 Å². The summed E-state index contributed by atoms with van der Waals surface area (Å²) in [6.07, 6.45) is 5.07. The van der Waals surface area contributed by atoms with Crippen LogP contribution in [0.15, 0.2) is 18.2 Å². The van der Waals surface area contributed by atoms with Crippen LogP contribution in [0.1, 0.15) is 32.1 Å². The van der Waals surface area contributed by atoms with Crippen LogP contribution in [0, 0.1) is 27.9 Å². The summed E-state index contributed by atoms with van der Waals surface area (Å²) >= 11 is 0. The number of hydrogen-bond acceptors (Lipinski definition) is 6. The molecule has 2 saturated carbocycles. The van der Waals surface area contributed by atoms with E-state index in [0.29, 0.717) is 24.0 Å². The summed E-state index contributed by atoms with van der Waals surface area (Å²) in [5.74, 6) is 1.04. The smallest absolute Gasteiger partial charge is 0.306 e. The summed E-state index contributed by atoms with van der Waals surface area (Å²) in [5.41, 5.74) is -0.254. The predicted molar refractivity (Wildman–Crippen MR) is 92.8 cm³/mol. The van der Waals surface area contributed by atoms with E-state index in [1.54, 1.807) is 0 Å². The second kappa shape index (κ2) is 7.72. The lowest BCUT2D eigenvalue weighted by atomic mass is 9.86. The summed E-state index contributed by atoms with van der Waals surface area (Å²) in [6.45, 7) is -0.456. The van der Waals surface area contributed by atoms with Gasteiger partial charge in [0.1, 0.15) is 11.4 Å². The third-order valence-corrected chi connectivity index (χ3v) is 5.35. The molecule has 0 heterocycles. The number of nitro groups is 1. The van der Waals surface area contributed by atoms with Gasteiger partial charge in [-0.2, -0.15) is 0 Å². The third kappa shape index (κ3) is 4.12. The van der Waals surface area contributed by atoms with E-state index in [1.165, 1.54) is 44.6 Å². The SMILES string of the molecule is COc1ccc(NC(=O)COC(=O)C[C@H]2C[C@H]3CC[C@H]2C3)c([N+](=O)[O-])c1. The molecular formula is C18H22N2O6. The molecule has 0 aliphatic heterocycles. The van der Waals surface area contributed by atoms with Crippen molar-refractivity contribution in [2.45, 2.75) is 32.1 Å². The molecule has 1 aromatic carbocycles. The summed E-state index contributed by atoms with van der Waals surface area (Å²) < 4.78 is 9.99. The zero-order valence-electron chi connectivity index (χ0n) is 14.6. The highest BCUT2D eigenvalue weighted by Crippen LogP contribution is 2.49. The molecule has 26 heavy (non-hydrogen) atoms. The summed E-state index contributed by atoms with van der Waals surface area (Å²) in [7, 11) is 1.40. The van der Waals surface area contributed by atoms with E-state index in [4.69, 9.17) is 9.47 Å². The van der Waals surface area contributed by atoms with E-state index in [-0.39, 0.29) is 17.3 Å². The molecule has 8 nitrogen and oxygen atoms in total. The largest absolute Gasteiger partial charge is 0.496 e. The number of fused-ring (bicyclic) bond motifs is 2. The van der Waals surface area contributed by atoms with Crippen LogP contribution in [0.3, 0.4) is 0 Å². The average Bonchev–Trinajstić information content (AvgIpc) is 3.23. The van der Waals surface area contributed by atoms with Crippen molar-refractivity contribution in [3.8, 4) is 5.75 Å². The third-order valence-electron chi connectivity index (χ3n) is 5.35. The Balaban J connectivity index is 1.49. The molecule has 0 aromatic heterocycles. The van der Waals surface area contributed by atoms with Gasteiger partial charge in [0, 0.05) is 6.42 Å². The number of esters is 1. The fourth-order valence-corrected chi connectivity index (χ4v) is 4.13. The Morgan fingerprint density at radius 1 is 1.31 bits per heavy atom. The van der Waals surface area contributed by atoms with Gasteiger partial charge in [0.05, 0.1) is 18.1 Å². The Morgan fingerprint density at radius 2 is 2.12 bits per heavy atom. The first kappa shape index (κ1) is 18.2. The van der Waals surface area contributed by atoms with E-state index >= 15 is 0 Å². The zero-order chi connectivity index (χ0) is 18.7. The van der Waals surface area contributed by atoms with Crippen molar-refractivity contribution in [1.82, 2.24) is 0 Å². The second-order valence-corrected chi connectivity index (χ2v) is 6.99. The standard InChI is InChI=1S/C18H22N2O6/c1-25-14-4-5-15(16(9-14)20(23)24)19-17(21)10-26-18(22)8-13-7-11-2-3-12(13)6-11/h4-5,9,11-13H,2-3,6-8,10H2,1H3,(H,19,21)/t11-,12-,13+/m0/s1. The van der Waals surface area contributed by atoms with E-state index in [9.17, 15) is 19.7 Å². The molecule has 1 aromatic rings. The first-order valence-corrected chi connectivity index (χ1v) is 8.74. The quantitative estimate of drug-likeness (QED) is 0.454. The van der Waals surface area contributed by atoms with Crippen molar-refractivity contribution in [3.05, 3.63) is 28.3 Å². The molecule has 2 aliphatic carbocycles. The molecule has 0 spiro atoms. The van der Waals surface area contributed by atoms with E-state index in [1.807, 2.05) is 0 Å². The summed E-state index contributed by atoms with van der Waals surface area (Å²) in [5, 5.41) is 13.5. The number of nitrogens with one attached hydrogen (secondary N) is 1. The van der Waals surface area contributed by atoms with Gasteiger partial charge in [-0.25, -0.2) is 0 Å². The first-order chi connectivity index (χ1) is 12.5. The molecule has 1 N–H and O–H groups in total. The van der Waals surface area contributed by atoms with Gasteiger partial charge in [0.25, 0.3) is 11.6 Å². The van der Waals surface area contributed by atoms with Crippen LogP contribution in [-0.4, -0.2) is 30.5 Å². The van der Waals surface area contributed by atoms with Crippen LogP contribution in [-0.2, 0) is 14.3 Å². The maximum absolute atomic E-state index is 12.0. The minimum absolute atomic E-state index is 0.0324. The van der Waals surface area contributed by atoms with Crippen molar-refractivity contribution in [1.29, 1.82) is 0 Å². The molecular weight excluding hydrogens is 340 g/mol. The van der Waals surface area contributed by atoms with E-state index < -0.39 is 17.4 Å². The maximum atomic E-state index is 12.0. The van der Waals surface area contributed by atoms with Crippen LogP contribution in [0.5, 0.6) is 5.75 Å². The predicted octanol–water partition coefficient (Wildman–Crippen LogP) is 2.91. The Labute approximate surface area is 151 Å². The molecule has 2 bridgehead atoms. The minimum atomic E-state index is -0.612. The molecule has 8 heteroatoms. The van der Waals surface area contributed by atoms with Gasteiger partial charge < -0.3 is 14.8 Å². The lowest BCUT2D eigenvalue weighted by molar-refractivity contribution is -0.384. The highest BCUT2D eigenvalue weighted by atomic mass is 16.6. The fraction of sp³-hybridized carbons (Fsp3) is 0.556. The van der Waals surface area contributed by atoms with Gasteiger partial charge in [-0.3, -0.25) is 19.7 Å². The van der Waals surface area contributed by atoms with Gasteiger partial charge in [-0.15, -0.1) is 0 Å². The molecule has 0 unspecified atom stereocenters. The first-order valence-electron chi connectivity index (χ1n) is 8.74. The highest BCUT2D eigenvalue weighted by Gasteiger charge is 2.40. The average molecular weight is 362 g/mol. The molecule has 3 rings (SSSR count). The number of anilines is 1. The lowest BCUT2D eigenvalue weighted by Gasteiger charge is -2.20. The monoisotopic (exact) mass is 362 g/mol. The zero-order valence-corrected chi connectivity index (χ0v) is 14.6. The van der Waals surface area contributed by atoms with Crippen LogP contribution >= 0.6 is 0 Å². The number of hydrogen-bond donors (Lipinski definition) is 1. The maximum Gasteiger partial charge on any atom is 0.306 e. The Bertz CT molecular complexity index is 720. The topological polar surface area (TPSA) is 108 Å². The van der Waals surface area contributed by atoms with Crippen molar-refractivity contribution in [2.75, 3.05) is 19.0 Å². The van der Waals surface area contributed by atoms with Gasteiger partial charge >= 0.3 is 5.97 Å². The van der Waals surface area contributed by atoms with Crippen molar-refractivity contribution < 1.29 is 24.0 Å². The van der Waals surface area contributed by atoms with Crippen molar-refractivity contribution in [3.63, 3.8) is 0 Å². The molecule has 0 radical (unpaired) electrons. The van der Waals surface area contributed by atoms with Gasteiger partial charge in [0.15, 0.2) is 6.61 Å².